The molecule has 0 spiro atoms. The molecule has 0 aliphatic rings. The molecule has 1 rings (SSSR count). The van der Waals surface area contributed by atoms with Crippen LogP contribution in [0.15, 0.2) is 12.1 Å². The largest absolute Gasteiger partial charge is 0.496 e. The summed E-state index contributed by atoms with van der Waals surface area (Å²) >= 11 is 0. The zero-order chi connectivity index (χ0) is 15.0. The maximum atomic E-state index is 5.39. The molecule has 0 aliphatic heterocycles. The Balaban J connectivity index is 2.63. The van der Waals surface area contributed by atoms with Crippen molar-refractivity contribution in [1.29, 1.82) is 0 Å². The van der Waals surface area contributed by atoms with E-state index in [2.05, 4.69) is 24.5 Å². The van der Waals surface area contributed by atoms with Crippen LogP contribution in [0.25, 0.3) is 0 Å². The highest BCUT2D eigenvalue weighted by Crippen LogP contribution is 2.34. The lowest BCUT2D eigenvalue weighted by molar-refractivity contribution is 0.347. The minimum atomic E-state index is 0.507. The van der Waals surface area contributed by atoms with Gasteiger partial charge in [-0.1, -0.05) is 13.8 Å². The van der Waals surface area contributed by atoms with E-state index in [0.717, 1.165) is 30.9 Å². The van der Waals surface area contributed by atoms with Gasteiger partial charge in [0.2, 0.25) is 0 Å². The third-order valence-electron chi connectivity index (χ3n) is 2.96. The zero-order valence-corrected chi connectivity index (χ0v) is 13.1. The molecule has 2 N–H and O–H groups in total. The van der Waals surface area contributed by atoms with Crippen molar-refractivity contribution >= 4 is 0 Å². The van der Waals surface area contributed by atoms with Crippen molar-refractivity contribution in [2.45, 2.75) is 26.4 Å². The molecule has 1 aromatic rings. The van der Waals surface area contributed by atoms with Crippen molar-refractivity contribution in [1.82, 2.24) is 10.6 Å². The second-order valence-electron chi connectivity index (χ2n) is 4.80. The van der Waals surface area contributed by atoms with E-state index in [1.54, 1.807) is 21.3 Å². The molecule has 0 amide bonds. The molecule has 0 saturated heterocycles. The maximum Gasteiger partial charge on any atom is 0.164 e. The molecular formula is C15H26N2O3. The Labute approximate surface area is 121 Å². The highest BCUT2D eigenvalue weighted by Gasteiger charge is 2.11. The summed E-state index contributed by atoms with van der Waals surface area (Å²) in [4.78, 5) is 0. The summed E-state index contributed by atoms with van der Waals surface area (Å²) in [5, 5.41) is 6.74. The SMILES string of the molecule is COc1cc(OC)c(OC)cc1CNCCNC(C)C. The fourth-order valence-corrected chi connectivity index (χ4v) is 1.90. The van der Waals surface area contributed by atoms with Crippen LogP contribution in [-0.2, 0) is 6.54 Å². The number of hydrogen-bond donors (Lipinski definition) is 2. The summed E-state index contributed by atoms with van der Waals surface area (Å²) in [5.41, 5.74) is 1.05. The molecule has 0 saturated carbocycles. The van der Waals surface area contributed by atoms with Crippen LogP contribution in [0.5, 0.6) is 17.2 Å². The van der Waals surface area contributed by atoms with Crippen molar-refractivity contribution in [2.24, 2.45) is 0 Å². The topological polar surface area (TPSA) is 51.8 Å². The molecule has 5 heteroatoms. The normalized spacial score (nSPS) is 10.7. The minimum absolute atomic E-state index is 0.507. The summed E-state index contributed by atoms with van der Waals surface area (Å²) in [5.74, 6) is 2.19. The summed E-state index contributed by atoms with van der Waals surface area (Å²) < 4.78 is 16.0. The first-order valence-electron chi connectivity index (χ1n) is 6.85. The summed E-state index contributed by atoms with van der Waals surface area (Å²) in [6.07, 6.45) is 0. The van der Waals surface area contributed by atoms with Gasteiger partial charge in [0.25, 0.3) is 0 Å². The van der Waals surface area contributed by atoms with Crippen LogP contribution >= 0.6 is 0 Å². The van der Waals surface area contributed by atoms with E-state index in [-0.39, 0.29) is 0 Å². The molecular weight excluding hydrogens is 256 g/mol. The minimum Gasteiger partial charge on any atom is -0.496 e. The molecule has 0 fully saturated rings. The quantitative estimate of drug-likeness (QED) is 0.676. The van der Waals surface area contributed by atoms with Crippen molar-refractivity contribution in [3.8, 4) is 17.2 Å². The maximum absolute atomic E-state index is 5.39. The molecule has 1 aromatic carbocycles. The van der Waals surface area contributed by atoms with Gasteiger partial charge in [0.1, 0.15) is 5.75 Å². The van der Waals surface area contributed by atoms with Gasteiger partial charge in [0.05, 0.1) is 21.3 Å². The van der Waals surface area contributed by atoms with E-state index in [1.165, 1.54) is 0 Å². The average Bonchev–Trinajstić information content (AvgIpc) is 2.45. The number of benzene rings is 1. The number of ether oxygens (including phenoxy) is 3. The Kier molecular flexibility index (Phi) is 7.18. The highest BCUT2D eigenvalue weighted by atomic mass is 16.5. The molecule has 0 atom stereocenters. The Morgan fingerprint density at radius 3 is 2.05 bits per heavy atom. The van der Waals surface area contributed by atoms with Gasteiger partial charge in [-0.15, -0.1) is 0 Å². The molecule has 0 unspecified atom stereocenters. The molecule has 20 heavy (non-hydrogen) atoms. The van der Waals surface area contributed by atoms with Crippen molar-refractivity contribution in [3.63, 3.8) is 0 Å². The van der Waals surface area contributed by atoms with Gasteiger partial charge in [-0.25, -0.2) is 0 Å². The summed E-state index contributed by atoms with van der Waals surface area (Å²) in [7, 11) is 4.91. The highest BCUT2D eigenvalue weighted by molar-refractivity contribution is 5.50. The fourth-order valence-electron chi connectivity index (χ4n) is 1.90. The average molecular weight is 282 g/mol. The number of nitrogens with one attached hydrogen (secondary N) is 2. The van der Waals surface area contributed by atoms with Gasteiger partial charge in [-0.3, -0.25) is 0 Å². The second-order valence-corrected chi connectivity index (χ2v) is 4.80. The first-order valence-corrected chi connectivity index (χ1v) is 6.85. The lowest BCUT2D eigenvalue weighted by Crippen LogP contribution is -2.31. The van der Waals surface area contributed by atoms with E-state index in [4.69, 9.17) is 14.2 Å². The fraction of sp³-hybridized carbons (Fsp3) is 0.600. The Hall–Kier alpha value is -1.46. The Morgan fingerprint density at radius 2 is 1.50 bits per heavy atom. The Morgan fingerprint density at radius 1 is 0.900 bits per heavy atom. The Bertz CT molecular complexity index is 408. The number of methoxy groups -OCH3 is 3. The molecule has 0 radical (unpaired) electrons. The van der Waals surface area contributed by atoms with Crippen LogP contribution in [0.1, 0.15) is 19.4 Å². The van der Waals surface area contributed by atoms with E-state index in [1.807, 2.05) is 12.1 Å². The van der Waals surface area contributed by atoms with Crippen LogP contribution in [0.3, 0.4) is 0 Å². The van der Waals surface area contributed by atoms with Crippen LogP contribution < -0.4 is 24.8 Å². The van der Waals surface area contributed by atoms with Gasteiger partial charge < -0.3 is 24.8 Å². The van der Waals surface area contributed by atoms with Crippen molar-refractivity contribution in [2.75, 3.05) is 34.4 Å². The standard InChI is InChI=1S/C15H26N2O3/c1-11(2)17-7-6-16-10-12-8-14(19-4)15(20-5)9-13(12)18-3/h8-9,11,16-17H,6-7,10H2,1-5H3. The first-order chi connectivity index (χ1) is 9.62. The van der Waals surface area contributed by atoms with Gasteiger partial charge in [-0.2, -0.15) is 0 Å². The molecule has 0 aromatic heterocycles. The zero-order valence-electron chi connectivity index (χ0n) is 13.1. The van der Waals surface area contributed by atoms with Gasteiger partial charge in [0.15, 0.2) is 11.5 Å². The molecule has 0 bridgehead atoms. The van der Waals surface area contributed by atoms with Crippen LogP contribution in [0.2, 0.25) is 0 Å². The first kappa shape index (κ1) is 16.6. The summed E-state index contributed by atoms with van der Waals surface area (Å²) in [6, 6.07) is 4.30. The number of rotatable bonds is 9. The van der Waals surface area contributed by atoms with E-state index >= 15 is 0 Å². The predicted octanol–water partition coefficient (Wildman–Crippen LogP) is 1.80. The summed E-state index contributed by atoms with van der Waals surface area (Å²) in [6.45, 7) is 6.83. The third kappa shape index (κ3) is 4.90. The lowest BCUT2D eigenvalue weighted by atomic mass is 10.1. The lowest BCUT2D eigenvalue weighted by Gasteiger charge is -2.15. The molecule has 0 aliphatic carbocycles. The predicted molar refractivity (Wildman–Crippen MR) is 80.9 cm³/mol. The van der Waals surface area contributed by atoms with Crippen LogP contribution in [0, 0.1) is 0 Å². The van der Waals surface area contributed by atoms with E-state index < -0.39 is 0 Å². The van der Waals surface area contributed by atoms with E-state index in [0.29, 0.717) is 17.5 Å². The molecule has 0 heterocycles. The van der Waals surface area contributed by atoms with Crippen molar-refractivity contribution < 1.29 is 14.2 Å². The van der Waals surface area contributed by atoms with Gasteiger partial charge in [0, 0.05) is 37.3 Å². The van der Waals surface area contributed by atoms with Gasteiger partial charge in [-0.05, 0) is 6.07 Å². The van der Waals surface area contributed by atoms with Crippen molar-refractivity contribution in [3.05, 3.63) is 17.7 Å². The molecule has 114 valence electrons. The smallest absolute Gasteiger partial charge is 0.164 e. The third-order valence-corrected chi connectivity index (χ3v) is 2.96. The van der Waals surface area contributed by atoms with Crippen LogP contribution in [-0.4, -0.2) is 40.5 Å². The van der Waals surface area contributed by atoms with Gasteiger partial charge >= 0.3 is 0 Å². The van der Waals surface area contributed by atoms with Crippen LogP contribution in [0.4, 0.5) is 0 Å². The molecule has 5 nitrogen and oxygen atoms in total. The monoisotopic (exact) mass is 282 g/mol. The van der Waals surface area contributed by atoms with E-state index in [9.17, 15) is 0 Å². The second kappa shape index (κ2) is 8.66. The number of hydrogen-bond acceptors (Lipinski definition) is 5.